The first-order valence-corrected chi connectivity index (χ1v) is 13.4. The van der Waals surface area contributed by atoms with Crippen molar-refractivity contribution in [1.82, 2.24) is 0 Å². The Hall–Kier alpha value is -3.65. The van der Waals surface area contributed by atoms with Gasteiger partial charge in [0.1, 0.15) is 0 Å². The van der Waals surface area contributed by atoms with Gasteiger partial charge in [-0.1, -0.05) is 64.1 Å². The van der Waals surface area contributed by atoms with Gasteiger partial charge in [0.05, 0.1) is 34.0 Å². The van der Waals surface area contributed by atoms with Gasteiger partial charge in [0.15, 0.2) is 0 Å². The minimum absolute atomic E-state index is 0.0202. The quantitative estimate of drug-likeness (QED) is 0.337. The molecular weight excluding hydrogens is 476 g/mol. The molecule has 7 nitrogen and oxygen atoms in total. The maximum atomic E-state index is 13.5. The fourth-order valence-corrected chi connectivity index (χ4v) is 5.19. The molecule has 0 aliphatic rings. The summed E-state index contributed by atoms with van der Waals surface area (Å²) in [5.74, 6) is -0.889. The largest absolute Gasteiger partial charge is 0.462 e. The number of esters is 1. The lowest BCUT2D eigenvalue weighted by atomic mass is 9.96. The molecular formula is C28H32N2O5S. The van der Waals surface area contributed by atoms with Crippen molar-refractivity contribution >= 4 is 33.3 Å². The molecule has 8 heteroatoms. The first kappa shape index (κ1) is 26.9. The molecule has 0 saturated carbocycles. The molecule has 0 atom stereocenters. The fraction of sp³-hybridized carbons (Fsp3) is 0.286. The van der Waals surface area contributed by atoms with Crippen LogP contribution in [0.3, 0.4) is 0 Å². The van der Waals surface area contributed by atoms with E-state index >= 15 is 0 Å². The Bertz CT molecular complexity index is 1360. The van der Waals surface area contributed by atoms with Gasteiger partial charge in [0.25, 0.3) is 15.9 Å². The van der Waals surface area contributed by atoms with Crippen LogP contribution in [-0.4, -0.2) is 26.9 Å². The van der Waals surface area contributed by atoms with Crippen LogP contribution in [0.25, 0.3) is 0 Å². The molecule has 0 saturated heterocycles. The molecule has 1 amide bonds. The zero-order valence-electron chi connectivity index (χ0n) is 21.2. The summed E-state index contributed by atoms with van der Waals surface area (Å²) in [6.45, 7) is 9.90. The Kier molecular flexibility index (Phi) is 8.53. The van der Waals surface area contributed by atoms with Crippen molar-refractivity contribution in [3.63, 3.8) is 0 Å². The van der Waals surface area contributed by atoms with Crippen LogP contribution >= 0.6 is 0 Å². The summed E-state index contributed by atoms with van der Waals surface area (Å²) in [6.07, 6.45) is 0. The summed E-state index contributed by atoms with van der Waals surface area (Å²) in [5, 5.41) is 2.71. The Morgan fingerprint density at radius 1 is 0.833 bits per heavy atom. The number of hydrogen-bond acceptors (Lipinski definition) is 5. The third-order valence-corrected chi connectivity index (χ3v) is 7.14. The third-order valence-electron chi connectivity index (χ3n) is 5.70. The highest BCUT2D eigenvalue weighted by molar-refractivity contribution is 7.92. The maximum absolute atomic E-state index is 13.5. The second-order valence-electron chi connectivity index (χ2n) is 8.98. The van der Waals surface area contributed by atoms with Crippen LogP contribution in [0.1, 0.15) is 78.3 Å². The summed E-state index contributed by atoms with van der Waals surface area (Å²) in [5.41, 5.74) is 2.48. The molecule has 190 valence electrons. The molecule has 0 aliphatic heterocycles. The number of rotatable bonds is 9. The SMILES string of the molecule is CCOC(=O)c1ccccc1NC(=O)c1ccccc1NS(=O)(=O)c1ccc(C(C)C)cc1C(C)C. The van der Waals surface area contributed by atoms with E-state index in [4.69, 9.17) is 4.74 Å². The van der Waals surface area contributed by atoms with E-state index in [2.05, 4.69) is 23.9 Å². The van der Waals surface area contributed by atoms with Crippen molar-refractivity contribution < 1.29 is 22.7 Å². The lowest BCUT2D eigenvalue weighted by Crippen LogP contribution is -2.21. The standard InChI is InChI=1S/C28H32N2O5S/c1-6-35-28(32)22-12-8-9-13-24(22)29-27(31)21-11-7-10-14-25(21)30-36(33,34)26-16-15-20(18(2)3)17-23(26)19(4)5/h7-19,30H,6H2,1-5H3,(H,29,31). The van der Waals surface area contributed by atoms with E-state index in [1.165, 1.54) is 12.1 Å². The summed E-state index contributed by atoms with van der Waals surface area (Å²) < 4.78 is 34.6. The molecule has 0 heterocycles. The van der Waals surface area contributed by atoms with Crippen molar-refractivity contribution in [3.8, 4) is 0 Å². The number of benzene rings is 3. The summed E-state index contributed by atoms with van der Waals surface area (Å²) in [6, 6.07) is 18.2. The topological polar surface area (TPSA) is 102 Å². The van der Waals surface area contributed by atoms with Gasteiger partial charge in [-0.05, 0) is 60.2 Å². The van der Waals surface area contributed by atoms with Gasteiger partial charge in [0, 0.05) is 0 Å². The number of amides is 1. The van der Waals surface area contributed by atoms with Crippen LogP contribution in [0.4, 0.5) is 11.4 Å². The van der Waals surface area contributed by atoms with Gasteiger partial charge in [0.2, 0.25) is 0 Å². The Morgan fingerprint density at radius 3 is 2.06 bits per heavy atom. The lowest BCUT2D eigenvalue weighted by molar-refractivity contribution is 0.0527. The Labute approximate surface area is 212 Å². The highest BCUT2D eigenvalue weighted by Gasteiger charge is 2.24. The number of nitrogens with one attached hydrogen (secondary N) is 2. The lowest BCUT2D eigenvalue weighted by Gasteiger charge is -2.18. The van der Waals surface area contributed by atoms with Crippen LogP contribution < -0.4 is 10.0 Å². The van der Waals surface area contributed by atoms with E-state index in [1.54, 1.807) is 49.4 Å². The summed E-state index contributed by atoms with van der Waals surface area (Å²) >= 11 is 0. The monoisotopic (exact) mass is 508 g/mol. The molecule has 2 N–H and O–H groups in total. The number of hydrogen-bond donors (Lipinski definition) is 2. The number of carbonyl (C=O) groups is 2. The fourth-order valence-electron chi connectivity index (χ4n) is 3.76. The van der Waals surface area contributed by atoms with E-state index in [-0.39, 0.29) is 45.8 Å². The first-order valence-electron chi connectivity index (χ1n) is 11.9. The van der Waals surface area contributed by atoms with Crippen molar-refractivity contribution in [2.75, 3.05) is 16.6 Å². The second kappa shape index (κ2) is 11.4. The highest BCUT2D eigenvalue weighted by Crippen LogP contribution is 2.30. The van der Waals surface area contributed by atoms with Gasteiger partial charge < -0.3 is 10.1 Å². The molecule has 0 aliphatic carbocycles. The molecule has 3 rings (SSSR count). The molecule has 0 radical (unpaired) electrons. The van der Waals surface area contributed by atoms with E-state index in [9.17, 15) is 18.0 Å². The number of carbonyl (C=O) groups excluding carboxylic acids is 2. The molecule has 3 aromatic carbocycles. The van der Waals surface area contributed by atoms with Crippen LogP contribution in [0.2, 0.25) is 0 Å². The first-order chi connectivity index (χ1) is 17.0. The minimum atomic E-state index is -3.99. The van der Waals surface area contributed by atoms with Crippen LogP contribution in [0.5, 0.6) is 0 Å². The molecule has 0 aromatic heterocycles. The zero-order chi connectivity index (χ0) is 26.5. The smallest absolute Gasteiger partial charge is 0.340 e. The van der Waals surface area contributed by atoms with Crippen LogP contribution in [0, 0.1) is 0 Å². The highest BCUT2D eigenvalue weighted by atomic mass is 32.2. The van der Waals surface area contributed by atoms with Gasteiger partial charge in [-0.3, -0.25) is 9.52 Å². The number of sulfonamides is 1. The third kappa shape index (κ3) is 6.12. The van der Waals surface area contributed by atoms with Crippen molar-refractivity contribution in [2.24, 2.45) is 0 Å². The average Bonchev–Trinajstić information content (AvgIpc) is 2.84. The number of para-hydroxylation sites is 2. The normalized spacial score (nSPS) is 11.4. The van der Waals surface area contributed by atoms with Crippen molar-refractivity contribution in [2.45, 2.75) is 51.3 Å². The van der Waals surface area contributed by atoms with Crippen LogP contribution in [-0.2, 0) is 14.8 Å². The van der Waals surface area contributed by atoms with E-state index in [0.29, 0.717) is 5.56 Å². The van der Waals surface area contributed by atoms with Crippen molar-refractivity contribution in [3.05, 3.63) is 89.0 Å². The minimum Gasteiger partial charge on any atom is -0.462 e. The molecule has 0 bridgehead atoms. The van der Waals surface area contributed by atoms with E-state index in [1.807, 2.05) is 26.0 Å². The van der Waals surface area contributed by atoms with E-state index < -0.39 is 21.9 Å². The predicted molar refractivity (Wildman–Crippen MR) is 142 cm³/mol. The average molecular weight is 509 g/mol. The maximum Gasteiger partial charge on any atom is 0.340 e. The van der Waals surface area contributed by atoms with Crippen molar-refractivity contribution in [1.29, 1.82) is 0 Å². The van der Waals surface area contributed by atoms with Gasteiger partial charge in [-0.2, -0.15) is 0 Å². The number of ether oxygens (including phenoxy) is 1. The van der Waals surface area contributed by atoms with Crippen LogP contribution in [0.15, 0.2) is 71.6 Å². The summed E-state index contributed by atoms with van der Waals surface area (Å²) in [7, 11) is -3.99. The molecule has 36 heavy (non-hydrogen) atoms. The molecule has 0 unspecified atom stereocenters. The van der Waals surface area contributed by atoms with Gasteiger partial charge >= 0.3 is 5.97 Å². The summed E-state index contributed by atoms with van der Waals surface area (Å²) in [4.78, 5) is 25.6. The van der Waals surface area contributed by atoms with E-state index in [0.717, 1.165) is 5.56 Å². The zero-order valence-corrected chi connectivity index (χ0v) is 22.0. The Morgan fingerprint density at radius 2 is 1.44 bits per heavy atom. The predicted octanol–water partition coefficient (Wildman–Crippen LogP) is 6.16. The molecule has 0 spiro atoms. The molecule has 0 fully saturated rings. The Balaban J connectivity index is 1.95. The van der Waals surface area contributed by atoms with Gasteiger partial charge in [-0.15, -0.1) is 0 Å². The molecule has 3 aromatic rings. The number of anilines is 2. The van der Waals surface area contributed by atoms with Gasteiger partial charge in [-0.25, -0.2) is 13.2 Å². The second-order valence-corrected chi connectivity index (χ2v) is 10.6.